The normalized spacial score (nSPS) is 12.8. The van der Waals surface area contributed by atoms with Gasteiger partial charge >= 0.3 is 0 Å². The zero-order valence-corrected chi connectivity index (χ0v) is 13.2. The minimum atomic E-state index is -4.20. The van der Waals surface area contributed by atoms with Gasteiger partial charge in [-0.3, -0.25) is 10.1 Å². The predicted molar refractivity (Wildman–Crippen MR) is 84.4 cm³/mol. The van der Waals surface area contributed by atoms with Crippen LogP contribution in [0.25, 0.3) is 0 Å². The monoisotopic (exact) mass is 354 g/mol. The molecular weight excluding hydrogens is 339 g/mol. The molecule has 2 aromatic rings. The summed E-state index contributed by atoms with van der Waals surface area (Å²) in [7, 11) is -4.20. The smallest absolute Gasteiger partial charge is 0.289 e. The lowest BCUT2D eigenvalue weighted by atomic mass is 10.1. The van der Waals surface area contributed by atoms with E-state index in [1.165, 1.54) is 36.4 Å². The molecule has 0 saturated heterocycles. The van der Waals surface area contributed by atoms with Crippen LogP contribution in [0.15, 0.2) is 53.4 Å². The van der Waals surface area contributed by atoms with Crippen molar-refractivity contribution in [1.29, 1.82) is 0 Å². The highest BCUT2D eigenvalue weighted by Crippen LogP contribution is 2.23. The lowest BCUT2D eigenvalue weighted by Gasteiger charge is -2.16. The molecule has 0 aromatic heterocycles. The molecule has 0 unspecified atom stereocenters. The Balaban J connectivity index is 2.23. The van der Waals surface area contributed by atoms with Crippen LogP contribution >= 0.6 is 0 Å². The van der Waals surface area contributed by atoms with E-state index in [9.17, 15) is 28.0 Å². The van der Waals surface area contributed by atoms with E-state index in [4.69, 9.17) is 0 Å². The van der Waals surface area contributed by atoms with Crippen molar-refractivity contribution in [3.05, 3.63) is 70.0 Å². The van der Waals surface area contributed by atoms with Gasteiger partial charge in [-0.15, -0.1) is 0 Å². The second kappa shape index (κ2) is 7.47. The van der Waals surface area contributed by atoms with E-state index in [2.05, 4.69) is 4.72 Å². The number of hydrogen-bond donors (Lipinski definition) is 2. The van der Waals surface area contributed by atoms with Gasteiger partial charge in [0.15, 0.2) is 4.90 Å². The molecule has 2 N–H and O–H groups in total. The minimum Gasteiger partial charge on any atom is -0.395 e. The number of halogens is 1. The maximum Gasteiger partial charge on any atom is 0.289 e. The van der Waals surface area contributed by atoms with E-state index in [0.29, 0.717) is 5.56 Å². The summed E-state index contributed by atoms with van der Waals surface area (Å²) in [6.07, 6.45) is 0.108. The van der Waals surface area contributed by atoms with Gasteiger partial charge in [-0.25, -0.2) is 17.5 Å². The molecule has 0 saturated carbocycles. The maximum absolute atomic E-state index is 12.9. The van der Waals surface area contributed by atoms with Gasteiger partial charge in [0.1, 0.15) is 5.82 Å². The highest BCUT2D eigenvalue weighted by Gasteiger charge is 2.27. The molecule has 24 heavy (non-hydrogen) atoms. The molecule has 0 amide bonds. The average molecular weight is 354 g/mol. The molecule has 128 valence electrons. The topological polar surface area (TPSA) is 110 Å². The number of hydrogen-bond acceptors (Lipinski definition) is 5. The first kappa shape index (κ1) is 18.0. The van der Waals surface area contributed by atoms with Gasteiger partial charge in [-0.2, -0.15) is 0 Å². The van der Waals surface area contributed by atoms with Crippen molar-refractivity contribution >= 4 is 15.7 Å². The quantitative estimate of drug-likeness (QED) is 0.580. The first-order valence-electron chi connectivity index (χ1n) is 6.94. The summed E-state index contributed by atoms with van der Waals surface area (Å²) in [6, 6.07) is 9.42. The summed E-state index contributed by atoms with van der Waals surface area (Å²) < 4.78 is 39.9. The number of nitrogens with one attached hydrogen (secondary N) is 1. The van der Waals surface area contributed by atoms with E-state index in [-0.39, 0.29) is 6.42 Å². The SMILES string of the molecule is O=[N+]([O-])c1ccccc1S(=O)(=O)N[C@@H](CO)Cc1ccc(F)cc1. The minimum absolute atomic E-state index is 0.108. The molecule has 0 bridgehead atoms. The van der Waals surface area contributed by atoms with E-state index in [0.717, 1.165) is 12.1 Å². The third-order valence-electron chi connectivity index (χ3n) is 3.29. The lowest BCUT2D eigenvalue weighted by Crippen LogP contribution is -2.39. The fraction of sp³-hybridized carbons (Fsp3) is 0.200. The Hall–Kier alpha value is -2.36. The Morgan fingerprint density at radius 2 is 1.79 bits per heavy atom. The van der Waals surface area contributed by atoms with Crippen molar-refractivity contribution < 1.29 is 22.8 Å². The molecule has 0 spiro atoms. The third-order valence-corrected chi connectivity index (χ3v) is 4.86. The van der Waals surface area contributed by atoms with Crippen LogP contribution in [0.2, 0.25) is 0 Å². The Bertz CT molecular complexity index is 824. The molecule has 7 nitrogen and oxygen atoms in total. The first-order valence-corrected chi connectivity index (χ1v) is 8.43. The molecule has 9 heteroatoms. The van der Waals surface area contributed by atoms with Crippen LogP contribution in [0.3, 0.4) is 0 Å². The Labute approximate surface area is 138 Å². The van der Waals surface area contributed by atoms with Crippen LogP contribution in [0.5, 0.6) is 0 Å². The van der Waals surface area contributed by atoms with Crippen LogP contribution in [0.1, 0.15) is 5.56 Å². The van der Waals surface area contributed by atoms with Crippen molar-refractivity contribution in [2.45, 2.75) is 17.4 Å². The number of nitro groups is 1. The van der Waals surface area contributed by atoms with Crippen molar-refractivity contribution in [2.75, 3.05) is 6.61 Å². The number of nitrogens with zero attached hydrogens (tertiary/aromatic N) is 1. The Kier molecular flexibility index (Phi) is 5.60. The van der Waals surface area contributed by atoms with Gasteiger partial charge in [0, 0.05) is 12.1 Å². The summed E-state index contributed by atoms with van der Waals surface area (Å²) >= 11 is 0. The molecular formula is C15H15FN2O5S. The van der Waals surface area contributed by atoms with Crippen LogP contribution in [-0.4, -0.2) is 31.1 Å². The third kappa shape index (κ3) is 4.34. The average Bonchev–Trinajstić information content (AvgIpc) is 2.56. The molecule has 0 aliphatic carbocycles. The number of aliphatic hydroxyl groups is 1. The fourth-order valence-corrected chi connectivity index (χ4v) is 3.57. The highest BCUT2D eigenvalue weighted by atomic mass is 32.2. The molecule has 0 aliphatic heterocycles. The molecule has 0 aliphatic rings. The zero-order chi connectivity index (χ0) is 17.7. The summed E-state index contributed by atoms with van der Waals surface area (Å²) in [5.41, 5.74) is 0.0594. The summed E-state index contributed by atoms with van der Waals surface area (Å²) in [4.78, 5) is 9.71. The van der Waals surface area contributed by atoms with E-state index in [1.807, 2.05) is 0 Å². The number of sulfonamides is 1. The van der Waals surface area contributed by atoms with Gasteiger partial charge in [-0.05, 0) is 30.2 Å². The predicted octanol–water partition coefficient (Wildman–Crippen LogP) is 1.62. The van der Waals surface area contributed by atoms with Gasteiger partial charge in [0.05, 0.1) is 11.5 Å². The maximum atomic E-state index is 12.9. The molecule has 0 heterocycles. The zero-order valence-electron chi connectivity index (χ0n) is 12.4. The Morgan fingerprint density at radius 3 is 2.38 bits per heavy atom. The first-order chi connectivity index (χ1) is 11.3. The van der Waals surface area contributed by atoms with Gasteiger partial charge in [-0.1, -0.05) is 24.3 Å². The van der Waals surface area contributed by atoms with Gasteiger partial charge in [0.2, 0.25) is 10.0 Å². The van der Waals surface area contributed by atoms with E-state index >= 15 is 0 Å². The number of nitro benzene ring substituents is 1. The molecule has 0 radical (unpaired) electrons. The number of rotatable bonds is 7. The largest absolute Gasteiger partial charge is 0.395 e. The van der Waals surface area contributed by atoms with Crippen molar-refractivity contribution in [3.8, 4) is 0 Å². The number of para-hydroxylation sites is 1. The van der Waals surface area contributed by atoms with Gasteiger partial charge < -0.3 is 5.11 Å². The van der Waals surface area contributed by atoms with Gasteiger partial charge in [0.25, 0.3) is 5.69 Å². The molecule has 1 atom stereocenters. The van der Waals surface area contributed by atoms with Crippen LogP contribution in [-0.2, 0) is 16.4 Å². The molecule has 2 rings (SSSR count). The standard InChI is InChI=1S/C15H15FN2O5S/c16-12-7-5-11(6-8-12)9-13(10-19)17-24(22,23)15-4-2-1-3-14(15)18(20)21/h1-8,13,17,19H,9-10H2/t13-/m1/s1. The van der Waals surface area contributed by atoms with E-state index < -0.39 is 44.0 Å². The fourth-order valence-electron chi connectivity index (χ4n) is 2.17. The summed E-state index contributed by atoms with van der Waals surface area (Å²) in [5.74, 6) is -0.431. The molecule has 0 fully saturated rings. The van der Waals surface area contributed by atoms with Crippen molar-refractivity contribution in [1.82, 2.24) is 4.72 Å². The number of aliphatic hydroxyl groups excluding tert-OH is 1. The Morgan fingerprint density at radius 1 is 1.17 bits per heavy atom. The van der Waals surface area contributed by atoms with Crippen LogP contribution in [0.4, 0.5) is 10.1 Å². The number of benzene rings is 2. The molecule has 2 aromatic carbocycles. The highest BCUT2D eigenvalue weighted by molar-refractivity contribution is 7.89. The van der Waals surface area contributed by atoms with Crippen molar-refractivity contribution in [3.63, 3.8) is 0 Å². The second-order valence-corrected chi connectivity index (χ2v) is 6.74. The van der Waals surface area contributed by atoms with Crippen LogP contribution in [0, 0.1) is 15.9 Å². The lowest BCUT2D eigenvalue weighted by molar-refractivity contribution is -0.387. The summed E-state index contributed by atoms with van der Waals surface area (Å²) in [5, 5.41) is 20.4. The summed E-state index contributed by atoms with van der Waals surface area (Å²) in [6.45, 7) is -0.517. The van der Waals surface area contributed by atoms with E-state index in [1.54, 1.807) is 0 Å². The van der Waals surface area contributed by atoms with Crippen molar-refractivity contribution in [2.24, 2.45) is 0 Å². The van der Waals surface area contributed by atoms with Crippen LogP contribution < -0.4 is 4.72 Å². The second-order valence-electron chi connectivity index (χ2n) is 5.06.